The predicted octanol–water partition coefficient (Wildman–Crippen LogP) is 3.78. The molecule has 4 rings (SSSR count). The van der Waals surface area contributed by atoms with Gasteiger partial charge in [-0.15, -0.1) is 0 Å². The molecule has 0 aromatic heterocycles. The lowest BCUT2D eigenvalue weighted by atomic mass is 9.99. The van der Waals surface area contributed by atoms with E-state index >= 15 is 0 Å². The van der Waals surface area contributed by atoms with Gasteiger partial charge in [0.15, 0.2) is 0 Å². The van der Waals surface area contributed by atoms with Crippen LogP contribution >= 0.6 is 0 Å². The van der Waals surface area contributed by atoms with Crippen molar-refractivity contribution < 1.29 is 26.4 Å². The predicted molar refractivity (Wildman–Crippen MR) is 106 cm³/mol. The van der Waals surface area contributed by atoms with E-state index in [1.165, 1.54) is 11.1 Å². The Morgan fingerprint density at radius 3 is 2.03 bits per heavy atom. The zero-order chi connectivity index (χ0) is 21.5. The molecule has 0 atom stereocenters. The number of aryl methyl sites for hydroxylation is 2. The van der Waals surface area contributed by atoms with E-state index in [9.17, 15) is 26.4 Å². The zero-order valence-electron chi connectivity index (χ0n) is 16.2. The van der Waals surface area contributed by atoms with Gasteiger partial charge >= 0.3 is 6.03 Å². The standard InChI is InChI=1S/C21H21F3N2O3S/c22-14-10-18(23)17(19(24)11-14)7-8-30(28,29)26-21(27)25-20-15-5-1-3-12(15)9-13-4-2-6-16(13)20/h9-11H,1-8H2,(H2,25,26,27). The molecule has 2 aliphatic carbocycles. The van der Waals surface area contributed by atoms with Gasteiger partial charge in [0, 0.05) is 23.4 Å². The summed E-state index contributed by atoms with van der Waals surface area (Å²) in [6, 6.07) is 2.27. The van der Waals surface area contributed by atoms with Gasteiger partial charge in [0.25, 0.3) is 0 Å². The second-order valence-electron chi connectivity index (χ2n) is 7.71. The number of hydrogen-bond acceptors (Lipinski definition) is 3. The van der Waals surface area contributed by atoms with E-state index in [2.05, 4.69) is 11.4 Å². The minimum absolute atomic E-state index is 0.488. The highest BCUT2D eigenvalue weighted by Crippen LogP contribution is 2.38. The van der Waals surface area contributed by atoms with E-state index < -0.39 is 51.2 Å². The third-order valence-electron chi connectivity index (χ3n) is 5.69. The molecule has 160 valence electrons. The van der Waals surface area contributed by atoms with Crippen molar-refractivity contribution in [1.29, 1.82) is 0 Å². The molecule has 2 N–H and O–H groups in total. The van der Waals surface area contributed by atoms with Gasteiger partial charge in [0.2, 0.25) is 10.0 Å². The summed E-state index contributed by atoms with van der Waals surface area (Å²) in [5.74, 6) is -4.13. The molecule has 5 nitrogen and oxygen atoms in total. The lowest BCUT2D eigenvalue weighted by Crippen LogP contribution is -2.37. The summed E-state index contributed by atoms with van der Waals surface area (Å²) < 4.78 is 66.9. The van der Waals surface area contributed by atoms with Gasteiger partial charge in [-0.1, -0.05) is 6.07 Å². The van der Waals surface area contributed by atoms with Crippen LogP contribution in [0.2, 0.25) is 0 Å². The zero-order valence-corrected chi connectivity index (χ0v) is 17.0. The summed E-state index contributed by atoms with van der Waals surface area (Å²) in [6.07, 6.45) is 4.97. The Hall–Kier alpha value is -2.55. The van der Waals surface area contributed by atoms with Crippen molar-refractivity contribution in [3.05, 3.63) is 63.5 Å². The molecule has 2 amide bonds. The summed E-state index contributed by atoms with van der Waals surface area (Å²) in [6.45, 7) is 0. The van der Waals surface area contributed by atoms with Crippen molar-refractivity contribution in [3.63, 3.8) is 0 Å². The molecule has 0 saturated carbocycles. The smallest absolute Gasteiger partial charge is 0.307 e. The highest BCUT2D eigenvalue weighted by Gasteiger charge is 2.26. The van der Waals surface area contributed by atoms with Crippen molar-refractivity contribution in [2.75, 3.05) is 11.1 Å². The first-order chi connectivity index (χ1) is 14.2. The van der Waals surface area contributed by atoms with E-state index in [1.54, 1.807) is 0 Å². The molecule has 0 heterocycles. The Morgan fingerprint density at radius 2 is 1.47 bits per heavy atom. The third kappa shape index (κ3) is 4.16. The van der Waals surface area contributed by atoms with Crippen LogP contribution in [0.15, 0.2) is 18.2 Å². The maximum Gasteiger partial charge on any atom is 0.332 e. The van der Waals surface area contributed by atoms with Gasteiger partial charge in [0.05, 0.1) is 5.75 Å². The summed E-state index contributed by atoms with van der Waals surface area (Å²) >= 11 is 0. The van der Waals surface area contributed by atoms with Crippen LogP contribution in [0.3, 0.4) is 0 Å². The molecule has 9 heteroatoms. The third-order valence-corrected chi connectivity index (χ3v) is 6.92. The SMILES string of the molecule is O=C(Nc1c2c(cc3c1CCC3)CCC2)NS(=O)(=O)CCc1c(F)cc(F)cc1F. The number of anilines is 1. The van der Waals surface area contributed by atoms with Gasteiger partial charge in [-0.25, -0.2) is 31.1 Å². The van der Waals surface area contributed by atoms with Gasteiger partial charge in [-0.2, -0.15) is 0 Å². The second-order valence-corrected chi connectivity index (χ2v) is 9.55. The number of fused-ring (bicyclic) bond motifs is 2. The lowest BCUT2D eigenvalue weighted by molar-refractivity contribution is 0.256. The van der Waals surface area contributed by atoms with Crippen molar-refractivity contribution >= 4 is 21.7 Å². The summed E-state index contributed by atoms with van der Waals surface area (Å²) in [5, 5.41) is 2.70. The van der Waals surface area contributed by atoms with Crippen LogP contribution in [0.25, 0.3) is 0 Å². The minimum Gasteiger partial charge on any atom is -0.307 e. The van der Waals surface area contributed by atoms with Crippen molar-refractivity contribution in [2.45, 2.75) is 44.9 Å². The molecule has 2 aromatic rings. The van der Waals surface area contributed by atoms with E-state index in [0.29, 0.717) is 17.8 Å². The van der Waals surface area contributed by atoms with Crippen LogP contribution in [0.4, 0.5) is 23.7 Å². The Labute approximate surface area is 172 Å². The number of urea groups is 1. The molecule has 0 spiro atoms. The molecular weight excluding hydrogens is 417 g/mol. The number of benzene rings is 2. The molecule has 0 bridgehead atoms. The summed E-state index contributed by atoms with van der Waals surface area (Å²) in [5.41, 5.74) is 4.64. The number of carbonyl (C=O) groups excluding carboxylic acids is 1. The topological polar surface area (TPSA) is 75.3 Å². The largest absolute Gasteiger partial charge is 0.332 e. The Balaban J connectivity index is 1.46. The Kier molecular flexibility index (Phi) is 5.48. The number of rotatable bonds is 5. The van der Waals surface area contributed by atoms with E-state index in [1.807, 2.05) is 4.72 Å². The lowest BCUT2D eigenvalue weighted by Gasteiger charge is -2.16. The normalized spacial score (nSPS) is 15.0. The Morgan fingerprint density at radius 1 is 0.900 bits per heavy atom. The quantitative estimate of drug-likeness (QED) is 0.746. The molecule has 30 heavy (non-hydrogen) atoms. The van der Waals surface area contributed by atoms with Gasteiger partial charge in [-0.3, -0.25) is 0 Å². The second kappa shape index (κ2) is 7.94. The van der Waals surface area contributed by atoms with E-state index in [-0.39, 0.29) is 0 Å². The number of carbonyl (C=O) groups is 1. The molecular formula is C21H21F3N2O3S. The van der Waals surface area contributed by atoms with Crippen molar-refractivity contribution in [1.82, 2.24) is 4.72 Å². The molecule has 0 unspecified atom stereocenters. The van der Waals surface area contributed by atoms with Crippen LogP contribution in [-0.4, -0.2) is 20.2 Å². The number of halogens is 3. The average molecular weight is 438 g/mol. The summed E-state index contributed by atoms with van der Waals surface area (Å²) in [7, 11) is -4.16. The van der Waals surface area contributed by atoms with Crippen molar-refractivity contribution in [2.24, 2.45) is 0 Å². The van der Waals surface area contributed by atoms with E-state index in [0.717, 1.165) is 49.7 Å². The fraction of sp³-hybridized carbons (Fsp3) is 0.381. The maximum atomic E-state index is 13.7. The first-order valence-electron chi connectivity index (χ1n) is 9.85. The highest BCUT2D eigenvalue weighted by molar-refractivity contribution is 7.90. The first kappa shape index (κ1) is 20.7. The van der Waals surface area contributed by atoms with Crippen LogP contribution < -0.4 is 10.0 Å². The monoisotopic (exact) mass is 438 g/mol. The Bertz CT molecular complexity index is 1080. The fourth-order valence-electron chi connectivity index (χ4n) is 4.35. The summed E-state index contributed by atoms with van der Waals surface area (Å²) in [4.78, 5) is 12.4. The minimum atomic E-state index is -4.16. The van der Waals surface area contributed by atoms with Crippen LogP contribution in [0, 0.1) is 17.5 Å². The van der Waals surface area contributed by atoms with Crippen molar-refractivity contribution in [3.8, 4) is 0 Å². The van der Waals surface area contributed by atoms with Gasteiger partial charge in [-0.05, 0) is 67.2 Å². The molecule has 0 saturated heterocycles. The number of amides is 2. The first-order valence-corrected chi connectivity index (χ1v) is 11.5. The molecule has 2 aliphatic rings. The fourth-order valence-corrected chi connectivity index (χ4v) is 5.25. The van der Waals surface area contributed by atoms with Crippen LogP contribution in [0.1, 0.15) is 40.7 Å². The number of sulfonamides is 1. The van der Waals surface area contributed by atoms with Gasteiger partial charge < -0.3 is 5.32 Å². The van der Waals surface area contributed by atoms with Gasteiger partial charge in [0.1, 0.15) is 17.5 Å². The molecule has 0 fully saturated rings. The van der Waals surface area contributed by atoms with E-state index in [4.69, 9.17) is 0 Å². The number of nitrogens with one attached hydrogen (secondary N) is 2. The average Bonchev–Trinajstić information content (AvgIpc) is 3.29. The number of hydrogen-bond donors (Lipinski definition) is 2. The molecule has 0 aliphatic heterocycles. The highest BCUT2D eigenvalue weighted by atomic mass is 32.2. The van der Waals surface area contributed by atoms with Crippen LogP contribution in [-0.2, 0) is 42.1 Å². The maximum absolute atomic E-state index is 13.7. The molecule has 2 aromatic carbocycles. The van der Waals surface area contributed by atoms with Crippen LogP contribution in [0.5, 0.6) is 0 Å². The molecule has 0 radical (unpaired) electrons.